The number of likely N-dealkylation sites (tertiary alicyclic amines) is 1. The molecule has 0 bridgehead atoms. The summed E-state index contributed by atoms with van der Waals surface area (Å²) in [6.07, 6.45) is 4.31. The SMILES string of the molecule is O=C(NCCCN1CCCC1=O)c1cccc(N2CCCC2CO)n1. The Morgan fingerprint density at radius 2 is 2.20 bits per heavy atom. The summed E-state index contributed by atoms with van der Waals surface area (Å²) in [7, 11) is 0. The number of hydrogen-bond donors (Lipinski definition) is 2. The predicted molar refractivity (Wildman–Crippen MR) is 94.5 cm³/mol. The highest BCUT2D eigenvalue weighted by molar-refractivity contribution is 5.92. The summed E-state index contributed by atoms with van der Waals surface area (Å²) >= 11 is 0. The number of nitrogens with zero attached hydrogens (tertiary/aromatic N) is 3. The van der Waals surface area contributed by atoms with Crippen LogP contribution in [-0.2, 0) is 4.79 Å². The molecule has 7 nitrogen and oxygen atoms in total. The number of amides is 2. The number of anilines is 1. The van der Waals surface area contributed by atoms with Crippen molar-refractivity contribution in [2.75, 3.05) is 37.7 Å². The maximum atomic E-state index is 12.3. The Morgan fingerprint density at radius 3 is 2.96 bits per heavy atom. The van der Waals surface area contributed by atoms with Crippen LogP contribution in [-0.4, -0.2) is 65.6 Å². The number of rotatable bonds is 7. The van der Waals surface area contributed by atoms with Crippen LogP contribution < -0.4 is 10.2 Å². The van der Waals surface area contributed by atoms with Gasteiger partial charge in [0.25, 0.3) is 5.91 Å². The van der Waals surface area contributed by atoms with Gasteiger partial charge in [-0.15, -0.1) is 0 Å². The van der Waals surface area contributed by atoms with Crippen molar-refractivity contribution in [3.8, 4) is 0 Å². The number of aliphatic hydroxyl groups is 1. The van der Waals surface area contributed by atoms with E-state index in [9.17, 15) is 14.7 Å². The first-order chi connectivity index (χ1) is 12.2. The number of aliphatic hydroxyl groups excluding tert-OH is 1. The van der Waals surface area contributed by atoms with Gasteiger partial charge in [0.05, 0.1) is 12.6 Å². The summed E-state index contributed by atoms with van der Waals surface area (Å²) in [5.74, 6) is 0.756. The molecule has 1 atom stereocenters. The lowest BCUT2D eigenvalue weighted by Gasteiger charge is -2.24. The number of carbonyl (C=O) groups excluding carboxylic acids is 2. The van der Waals surface area contributed by atoms with E-state index in [1.807, 2.05) is 17.0 Å². The minimum absolute atomic E-state index is 0.0869. The third-order valence-corrected chi connectivity index (χ3v) is 4.91. The molecule has 7 heteroatoms. The third kappa shape index (κ3) is 4.28. The van der Waals surface area contributed by atoms with E-state index in [0.29, 0.717) is 25.2 Å². The normalized spacial score (nSPS) is 20.4. The Morgan fingerprint density at radius 1 is 1.32 bits per heavy atom. The van der Waals surface area contributed by atoms with Crippen LogP contribution in [0.3, 0.4) is 0 Å². The van der Waals surface area contributed by atoms with Crippen LogP contribution in [0.2, 0.25) is 0 Å². The molecule has 2 aliphatic heterocycles. The summed E-state index contributed by atoms with van der Waals surface area (Å²) < 4.78 is 0. The molecule has 2 fully saturated rings. The summed E-state index contributed by atoms with van der Waals surface area (Å²) in [6, 6.07) is 5.49. The van der Waals surface area contributed by atoms with Gasteiger partial charge in [-0.25, -0.2) is 4.98 Å². The van der Waals surface area contributed by atoms with Crippen LogP contribution >= 0.6 is 0 Å². The van der Waals surface area contributed by atoms with Crippen molar-refractivity contribution >= 4 is 17.6 Å². The van der Waals surface area contributed by atoms with Crippen LogP contribution in [0.4, 0.5) is 5.82 Å². The Bertz CT molecular complexity index is 622. The molecule has 0 aromatic carbocycles. The molecular formula is C18H26N4O3. The maximum absolute atomic E-state index is 12.3. The van der Waals surface area contributed by atoms with Crippen molar-refractivity contribution in [3.63, 3.8) is 0 Å². The van der Waals surface area contributed by atoms with Crippen LogP contribution in [0.15, 0.2) is 18.2 Å². The van der Waals surface area contributed by atoms with Crippen LogP contribution in [0.5, 0.6) is 0 Å². The van der Waals surface area contributed by atoms with Crippen molar-refractivity contribution < 1.29 is 14.7 Å². The van der Waals surface area contributed by atoms with E-state index < -0.39 is 0 Å². The zero-order valence-electron chi connectivity index (χ0n) is 14.5. The Kier molecular flexibility index (Phi) is 5.86. The van der Waals surface area contributed by atoms with E-state index in [-0.39, 0.29) is 24.5 Å². The molecule has 1 unspecified atom stereocenters. The topological polar surface area (TPSA) is 85.8 Å². The smallest absolute Gasteiger partial charge is 0.269 e. The van der Waals surface area contributed by atoms with Gasteiger partial charge in [-0.2, -0.15) is 0 Å². The molecule has 3 rings (SSSR count). The van der Waals surface area contributed by atoms with Gasteiger partial charge in [0.2, 0.25) is 5.91 Å². The van der Waals surface area contributed by atoms with Crippen molar-refractivity contribution in [3.05, 3.63) is 23.9 Å². The Labute approximate surface area is 148 Å². The fourth-order valence-corrected chi connectivity index (χ4v) is 3.54. The largest absolute Gasteiger partial charge is 0.394 e. The molecule has 1 aromatic heterocycles. The predicted octanol–water partition coefficient (Wildman–Crippen LogP) is 0.785. The fourth-order valence-electron chi connectivity index (χ4n) is 3.54. The molecule has 0 saturated carbocycles. The van der Waals surface area contributed by atoms with Crippen molar-refractivity contribution in [2.45, 2.75) is 38.1 Å². The maximum Gasteiger partial charge on any atom is 0.269 e. The monoisotopic (exact) mass is 346 g/mol. The first-order valence-electron chi connectivity index (χ1n) is 9.09. The molecule has 25 heavy (non-hydrogen) atoms. The second-order valence-electron chi connectivity index (χ2n) is 6.65. The van der Waals surface area contributed by atoms with Gasteiger partial charge in [0.15, 0.2) is 0 Å². The molecule has 136 valence electrons. The van der Waals surface area contributed by atoms with E-state index in [1.165, 1.54) is 0 Å². The molecule has 0 radical (unpaired) electrons. The van der Waals surface area contributed by atoms with Gasteiger partial charge in [0, 0.05) is 32.6 Å². The highest BCUT2D eigenvalue weighted by atomic mass is 16.3. The van der Waals surface area contributed by atoms with Crippen LogP contribution in [0.25, 0.3) is 0 Å². The second-order valence-corrected chi connectivity index (χ2v) is 6.65. The highest BCUT2D eigenvalue weighted by Crippen LogP contribution is 2.23. The fraction of sp³-hybridized carbons (Fsp3) is 0.611. The molecule has 0 aliphatic carbocycles. The average molecular weight is 346 g/mol. The molecule has 2 amide bonds. The number of nitrogens with one attached hydrogen (secondary N) is 1. The molecule has 1 aromatic rings. The molecule has 3 heterocycles. The first kappa shape index (κ1) is 17.7. The van der Waals surface area contributed by atoms with Crippen molar-refractivity contribution in [1.29, 1.82) is 0 Å². The lowest BCUT2D eigenvalue weighted by molar-refractivity contribution is -0.127. The standard InChI is InChI=1S/C18H26N4O3/c23-13-14-5-2-12-22(14)16-7-1-6-15(20-16)18(25)19-9-4-11-21-10-3-8-17(21)24/h1,6-7,14,23H,2-5,8-13H2,(H,19,25). The Hall–Kier alpha value is -2.15. The second kappa shape index (κ2) is 8.29. The molecule has 0 spiro atoms. The zero-order chi connectivity index (χ0) is 17.6. The summed E-state index contributed by atoms with van der Waals surface area (Å²) in [4.78, 5) is 32.2. The van der Waals surface area contributed by atoms with Crippen LogP contribution in [0, 0.1) is 0 Å². The van der Waals surface area contributed by atoms with Gasteiger partial charge in [-0.1, -0.05) is 6.07 Å². The van der Waals surface area contributed by atoms with E-state index >= 15 is 0 Å². The van der Waals surface area contributed by atoms with Crippen molar-refractivity contribution in [2.24, 2.45) is 0 Å². The lowest BCUT2D eigenvalue weighted by atomic mass is 10.2. The Balaban J connectivity index is 1.50. The van der Waals surface area contributed by atoms with E-state index in [4.69, 9.17) is 0 Å². The van der Waals surface area contributed by atoms with Crippen molar-refractivity contribution in [1.82, 2.24) is 15.2 Å². The summed E-state index contributed by atoms with van der Waals surface area (Å²) in [6.45, 7) is 3.01. The van der Waals surface area contributed by atoms with Gasteiger partial charge in [0.1, 0.15) is 11.5 Å². The average Bonchev–Trinajstić information content (AvgIpc) is 3.27. The third-order valence-electron chi connectivity index (χ3n) is 4.91. The summed E-state index contributed by atoms with van der Waals surface area (Å²) in [5, 5.41) is 12.3. The van der Waals surface area contributed by atoms with Gasteiger partial charge in [-0.3, -0.25) is 9.59 Å². The lowest BCUT2D eigenvalue weighted by Crippen LogP contribution is -2.34. The number of hydrogen-bond acceptors (Lipinski definition) is 5. The number of aromatic nitrogens is 1. The van der Waals surface area contributed by atoms with E-state index in [1.54, 1.807) is 6.07 Å². The van der Waals surface area contributed by atoms with E-state index in [0.717, 1.165) is 44.6 Å². The first-order valence-corrected chi connectivity index (χ1v) is 9.09. The highest BCUT2D eigenvalue weighted by Gasteiger charge is 2.25. The minimum atomic E-state index is -0.200. The molecular weight excluding hydrogens is 320 g/mol. The summed E-state index contributed by atoms with van der Waals surface area (Å²) in [5.41, 5.74) is 0.387. The van der Waals surface area contributed by atoms with Gasteiger partial charge >= 0.3 is 0 Å². The molecule has 2 N–H and O–H groups in total. The van der Waals surface area contributed by atoms with E-state index in [2.05, 4.69) is 15.2 Å². The van der Waals surface area contributed by atoms with Gasteiger partial charge < -0.3 is 20.2 Å². The number of carbonyl (C=O) groups is 2. The quantitative estimate of drug-likeness (QED) is 0.713. The van der Waals surface area contributed by atoms with Crippen LogP contribution in [0.1, 0.15) is 42.6 Å². The number of pyridine rings is 1. The molecule has 2 saturated heterocycles. The zero-order valence-corrected chi connectivity index (χ0v) is 14.5. The molecule has 2 aliphatic rings. The minimum Gasteiger partial charge on any atom is -0.394 e. The van der Waals surface area contributed by atoms with Gasteiger partial charge in [-0.05, 0) is 37.8 Å².